The van der Waals surface area contributed by atoms with Gasteiger partial charge in [-0.15, -0.1) is 0 Å². The van der Waals surface area contributed by atoms with Crippen LogP contribution in [0.25, 0.3) is 33.4 Å². The second-order valence-electron chi connectivity index (χ2n) is 7.60. The first kappa shape index (κ1) is 20.6. The van der Waals surface area contributed by atoms with Gasteiger partial charge in [0, 0.05) is 48.2 Å². The third-order valence-corrected chi connectivity index (χ3v) is 5.42. The maximum absolute atomic E-state index is 5.40. The molecule has 0 radical (unpaired) electrons. The summed E-state index contributed by atoms with van der Waals surface area (Å²) in [7, 11) is 1.68. The summed E-state index contributed by atoms with van der Waals surface area (Å²) < 4.78 is 5.40. The minimum atomic E-state index is 0.644. The summed E-state index contributed by atoms with van der Waals surface area (Å²) in [4.78, 5) is 18.3. The van der Waals surface area contributed by atoms with Gasteiger partial charge in [0.1, 0.15) is 11.6 Å². The second-order valence-corrected chi connectivity index (χ2v) is 7.60. The third kappa shape index (κ3) is 4.65. The van der Waals surface area contributed by atoms with Crippen molar-refractivity contribution >= 4 is 16.7 Å². The van der Waals surface area contributed by atoms with Crippen molar-refractivity contribution < 1.29 is 4.74 Å². The van der Waals surface area contributed by atoms with Crippen molar-refractivity contribution in [3.63, 3.8) is 0 Å². The molecule has 0 saturated heterocycles. The van der Waals surface area contributed by atoms with E-state index in [0.717, 1.165) is 51.3 Å². The SMILES string of the molecule is COc1cccc(-c2ccc3nc(-c4cccnc4)nc(NCCc4ccccn4)c3c2)c1. The molecule has 0 fully saturated rings. The maximum Gasteiger partial charge on any atom is 0.163 e. The molecule has 0 atom stereocenters. The number of pyridine rings is 2. The van der Waals surface area contributed by atoms with E-state index >= 15 is 0 Å². The molecule has 0 saturated carbocycles. The summed E-state index contributed by atoms with van der Waals surface area (Å²) in [6.07, 6.45) is 6.14. The van der Waals surface area contributed by atoms with Crippen LogP contribution in [0.4, 0.5) is 5.82 Å². The Morgan fingerprint density at radius 2 is 1.73 bits per heavy atom. The fourth-order valence-corrected chi connectivity index (χ4v) is 3.72. The lowest BCUT2D eigenvalue weighted by molar-refractivity contribution is 0.415. The first-order valence-electron chi connectivity index (χ1n) is 10.8. The lowest BCUT2D eigenvalue weighted by Crippen LogP contribution is -2.09. The van der Waals surface area contributed by atoms with Gasteiger partial charge in [0.2, 0.25) is 0 Å². The molecule has 0 aliphatic rings. The Morgan fingerprint density at radius 1 is 0.818 bits per heavy atom. The lowest BCUT2D eigenvalue weighted by Gasteiger charge is -2.13. The molecule has 2 aromatic carbocycles. The highest BCUT2D eigenvalue weighted by Crippen LogP contribution is 2.31. The van der Waals surface area contributed by atoms with Crippen LogP contribution >= 0.6 is 0 Å². The zero-order valence-corrected chi connectivity index (χ0v) is 18.3. The highest BCUT2D eigenvalue weighted by atomic mass is 16.5. The average molecular weight is 434 g/mol. The van der Waals surface area contributed by atoms with E-state index in [9.17, 15) is 0 Å². The van der Waals surface area contributed by atoms with Crippen molar-refractivity contribution in [3.8, 4) is 28.3 Å². The van der Waals surface area contributed by atoms with E-state index < -0.39 is 0 Å². The molecule has 5 aromatic rings. The number of fused-ring (bicyclic) bond motifs is 1. The number of nitrogens with one attached hydrogen (secondary N) is 1. The van der Waals surface area contributed by atoms with Gasteiger partial charge in [-0.05, 0) is 59.7 Å². The molecule has 33 heavy (non-hydrogen) atoms. The third-order valence-electron chi connectivity index (χ3n) is 5.42. The predicted octanol–water partition coefficient (Wildman–Crippen LogP) is 5.42. The highest BCUT2D eigenvalue weighted by Gasteiger charge is 2.12. The summed E-state index contributed by atoms with van der Waals surface area (Å²) in [6, 6.07) is 24.1. The Morgan fingerprint density at radius 3 is 2.55 bits per heavy atom. The van der Waals surface area contributed by atoms with Gasteiger partial charge >= 0.3 is 0 Å². The summed E-state index contributed by atoms with van der Waals surface area (Å²) in [5.74, 6) is 2.26. The van der Waals surface area contributed by atoms with Crippen molar-refractivity contribution in [1.29, 1.82) is 0 Å². The number of methoxy groups -OCH3 is 1. The largest absolute Gasteiger partial charge is 0.497 e. The van der Waals surface area contributed by atoms with Gasteiger partial charge in [0.15, 0.2) is 5.82 Å². The molecule has 0 aliphatic carbocycles. The monoisotopic (exact) mass is 433 g/mol. The van der Waals surface area contributed by atoms with Crippen LogP contribution < -0.4 is 10.1 Å². The number of aromatic nitrogens is 4. The molecule has 162 valence electrons. The minimum absolute atomic E-state index is 0.644. The summed E-state index contributed by atoms with van der Waals surface area (Å²) in [5.41, 5.74) is 4.94. The van der Waals surface area contributed by atoms with Gasteiger partial charge in [0.05, 0.1) is 12.6 Å². The van der Waals surface area contributed by atoms with E-state index in [1.807, 2.05) is 60.8 Å². The molecule has 1 N–H and O–H groups in total. The minimum Gasteiger partial charge on any atom is -0.497 e. The predicted molar refractivity (Wildman–Crippen MR) is 131 cm³/mol. The van der Waals surface area contributed by atoms with E-state index in [1.54, 1.807) is 19.5 Å². The molecule has 0 unspecified atom stereocenters. The standard InChI is InChI=1S/C27H23N5O/c1-33-23-9-4-6-19(16-23)20-10-11-25-24(17-20)27(30-15-12-22-8-2-3-14-29-22)32-26(31-25)21-7-5-13-28-18-21/h2-11,13-14,16-18H,12,15H2,1H3,(H,30,31,32). The fourth-order valence-electron chi connectivity index (χ4n) is 3.72. The van der Waals surface area contributed by atoms with E-state index in [1.165, 1.54) is 0 Å². The molecular formula is C27H23N5O. The van der Waals surface area contributed by atoms with E-state index in [0.29, 0.717) is 12.4 Å². The van der Waals surface area contributed by atoms with Gasteiger partial charge in [-0.2, -0.15) is 0 Å². The summed E-state index contributed by atoms with van der Waals surface area (Å²) in [5, 5.41) is 4.47. The van der Waals surface area contributed by atoms with Gasteiger partial charge in [0.25, 0.3) is 0 Å². The number of hydrogen-bond donors (Lipinski definition) is 1. The number of rotatable bonds is 7. The quantitative estimate of drug-likeness (QED) is 0.370. The van der Waals surface area contributed by atoms with Crippen molar-refractivity contribution in [1.82, 2.24) is 19.9 Å². The molecule has 0 amide bonds. The Balaban J connectivity index is 1.54. The molecule has 6 nitrogen and oxygen atoms in total. The fraction of sp³-hybridized carbons (Fsp3) is 0.111. The molecule has 0 aliphatic heterocycles. The van der Waals surface area contributed by atoms with Crippen LogP contribution in [0.2, 0.25) is 0 Å². The topological polar surface area (TPSA) is 72.8 Å². The van der Waals surface area contributed by atoms with Crippen LogP contribution in [0.5, 0.6) is 5.75 Å². The number of hydrogen-bond acceptors (Lipinski definition) is 6. The smallest absolute Gasteiger partial charge is 0.163 e. The molecule has 3 aromatic heterocycles. The zero-order chi connectivity index (χ0) is 22.5. The van der Waals surface area contributed by atoms with Crippen LogP contribution in [0, 0.1) is 0 Å². The normalized spacial score (nSPS) is 10.8. The Hall–Kier alpha value is -4.32. The number of ether oxygens (including phenoxy) is 1. The van der Waals surface area contributed by atoms with Crippen LogP contribution in [0.3, 0.4) is 0 Å². The van der Waals surface area contributed by atoms with Crippen molar-refractivity contribution in [3.05, 3.63) is 97.1 Å². The molecule has 0 spiro atoms. The molecule has 3 heterocycles. The number of nitrogens with zero attached hydrogens (tertiary/aromatic N) is 4. The lowest BCUT2D eigenvalue weighted by atomic mass is 10.0. The van der Waals surface area contributed by atoms with Crippen LogP contribution in [-0.2, 0) is 6.42 Å². The van der Waals surface area contributed by atoms with Gasteiger partial charge in [-0.25, -0.2) is 9.97 Å². The molecule has 5 rings (SSSR count). The zero-order valence-electron chi connectivity index (χ0n) is 18.3. The van der Waals surface area contributed by atoms with E-state index in [2.05, 4.69) is 33.5 Å². The Bertz CT molecular complexity index is 1370. The Kier molecular flexibility index (Phi) is 5.89. The van der Waals surface area contributed by atoms with E-state index in [-0.39, 0.29) is 0 Å². The Labute approximate surface area is 192 Å². The van der Waals surface area contributed by atoms with Crippen molar-refractivity contribution in [2.45, 2.75) is 6.42 Å². The van der Waals surface area contributed by atoms with Gasteiger partial charge < -0.3 is 10.1 Å². The molecule has 0 bridgehead atoms. The van der Waals surface area contributed by atoms with E-state index in [4.69, 9.17) is 14.7 Å². The first-order chi connectivity index (χ1) is 16.3. The van der Waals surface area contributed by atoms with Crippen molar-refractivity contribution in [2.75, 3.05) is 19.0 Å². The van der Waals surface area contributed by atoms with Crippen LogP contribution in [0.1, 0.15) is 5.69 Å². The molecule has 6 heteroatoms. The van der Waals surface area contributed by atoms with Crippen LogP contribution in [0.15, 0.2) is 91.4 Å². The van der Waals surface area contributed by atoms with Gasteiger partial charge in [-0.3, -0.25) is 9.97 Å². The molecular weight excluding hydrogens is 410 g/mol. The number of benzene rings is 2. The van der Waals surface area contributed by atoms with Crippen LogP contribution in [-0.4, -0.2) is 33.6 Å². The summed E-state index contributed by atoms with van der Waals surface area (Å²) in [6.45, 7) is 0.707. The van der Waals surface area contributed by atoms with Crippen molar-refractivity contribution in [2.24, 2.45) is 0 Å². The first-order valence-corrected chi connectivity index (χ1v) is 10.8. The maximum atomic E-state index is 5.40. The van der Waals surface area contributed by atoms with Gasteiger partial charge in [-0.1, -0.05) is 24.3 Å². The number of anilines is 1. The second kappa shape index (κ2) is 9.44. The summed E-state index contributed by atoms with van der Waals surface area (Å²) >= 11 is 0. The highest BCUT2D eigenvalue weighted by molar-refractivity contribution is 5.94. The average Bonchev–Trinajstić information content (AvgIpc) is 2.89.